The minimum absolute atomic E-state index is 0.0173. The van der Waals surface area contributed by atoms with Crippen LogP contribution in [-0.4, -0.2) is 25.7 Å². The molecule has 2 rings (SSSR count). The lowest BCUT2D eigenvalue weighted by molar-refractivity contribution is -0.137. The summed E-state index contributed by atoms with van der Waals surface area (Å²) < 4.78 is 43.0. The van der Waals surface area contributed by atoms with Gasteiger partial charge in [0.1, 0.15) is 0 Å². The molecule has 1 fully saturated rings. The number of hydrogen-bond acceptors (Lipinski definition) is 2. The first kappa shape index (κ1) is 15.8. The largest absolute Gasteiger partial charge is 0.416 e. The van der Waals surface area contributed by atoms with Gasteiger partial charge in [-0.2, -0.15) is 13.2 Å². The molecule has 0 saturated heterocycles. The summed E-state index contributed by atoms with van der Waals surface area (Å²) >= 11 is 0. The number of hydrogen-bond donors (Lipinski definition) is 1. The van der Waals surface area contributed by atoms with Crippen molar-refractivity contribution in [1.82, 2.24) is 5.32 Å². The molecule has 0 heterocycles. The molecule has 1 aromatic rings. The van der Waals surface area contributed by atoms with Crippen LogP contribution in [0.2, 0.25) is 0 Å². The second-order valence-electron chi connectivity index (χ2n) is 5.21. The van der Waals surface area contributed by atoms with Gasteiger partial charge in [0, 0.05) is 25.3 Å². The summed E-state index contributed by atoms with van der Waals surface area (Å²) in [5.74, 6) is 0.202. The summed E-state index contributed by atoms with van der Waals surface area (Å²) in [6, 6.07) is 4.41. The van der Waals surface area contributed by atoms with Gasteiger partial charge >= 0.3 is 6.18 Å². The van der Waals surface area contributed by atoms with Crippen molar-refractivity contribution in [2.75, 3.05) is 19.8 Å². The molecule has 1 aromatic carbocycles. The monoisotopic (exact) mass is 301 g/mol. The van der Waals surface area contributed by atoms with Gasteiger partial charge in [-0.25, -0.2) is 0 Å². The van der Waals surface area contributed by atoms with Crippen LogP contribution < -0.4 is 5.32 Å². The van der Waals surface area contributed by atoms with Crippen molar-refractivity contribution in [3.05, 3.63) is 35.4 Å². The van der Waals surface area contributed by atoms with Gasteiger partial charge in [-0.15, -0.1) is 0 Å². The van der Waals surface area contributed by atoms with Crippen LogP contribution in [0.25, 0.3) is 0 Å². The molecule has 0 radical (unpaired) electrons. The fourth-order valence-corrected chi connectivity index (χ4v) is 1.85. The Bertz CT molecular complexity index is 484. The fourth-order valence-electron chi connectivity index (χ4n) is 1.85. The minimum Gasteiger partial charge on any atom is -0.381 e. The summed E-state index contributed by atoms with van der Waals surface area (Å²) in [6.45, 7) is 1.71. The third-order valence-corrected chi connectivity index (χ3v) is 3.25. The molecular formula is C15H18F3NO2. The van der Waals surface area contributed by atoms with Crippen molar-refractivity contribution in [3.63, 3.8) is 0 Å². The zero-order valence-electron chi connectivity index (χ0n) is 11.6. The first-order chi connectivity index (χ1) is 9.97. The highest BCUT2D eigenvalue weighted by Gasteiger charge is 2.30. The number of halogens is 3. The maximum absolute atomic E-state index is 12.5. The molecule has 0 aliphatic heterocycles. The maximum atomic E-state index is 12.5. The fraction of sp³-hybridized carbons (Fsp3) is 0.533. The van der Waals surface area contributed by atoms with E-state index in [4.69, 9.17) is 4.74 Å². The molecule has 0 bridgehead atoms. The van der Waals surface area contributed by atoms with E-state index in [9.17, 15) is 18.0 Å². The second kappa shape index (κ2) is 6.93. The zero-order chi connectivity index (χ0) is 15.3. The minimum atomic E-state index is -4.44. The first-order valence-electron chi connectivity index (χ1n) is 7.00. The van der Waals surface area contributed by atoms with E-state index in [0.717, 1.165) is 18.7 Å². The van der Waals surface area contributed by atoms with Crippen LogP contribution in [0.5, 0.6) is 0 Å². The third-order valence-electron chi connectivity index (χ3n) is 3.25. The van der Waals surface area contributed by atoms with Crippen molar-refractivity contribution in [1.29, 1.82) is 0 Å². The van der Waals surface area contributed by atoms with Crippen LogP contribution in [0.1, 0.15) is 35.2 Å². The highest BCUT2D eigenvalue weighted by Crippen LogP contribution is 2.29. The number of carbonyl (C=O) groups is 1. The second-order valence-corrected chi connectivity index (χ2v) is 5.21. The number of nitrogens with one attached hydrogen (secondary N) is 1. The van der Waals surface area contributed by atoms with Gasteiger partial charge in [0.15, 0.2) is 0 Å². The van der Waals surface area contributed by atoms with E-state index in [-0.39, 0.29) is 5.56 Å². The topological polar surface area (TPSA) is 38.3 Å². The smallest absolute Gasteiger partial charge is 0.381 e. The van der Waals surface area contributed by atoms with Crippen molar-refractivity contribution in [2.24, 2.45) is 5.92 Å². The Morgan fingerprint density at radius 2 is 2.10 bits per heavy atom. The molecule has 0 aromatic heterocycles. The standard InChI is InChI=1S/C15H18F3NO2/c16-15(17,18)13-4-1-3-12(9-13)14(20)19-7-2-8-21-10-11-5-6-11/h1,3-4,9,11H,2,5-8,10H2,(H,19,20). The summed E-state index contributed by atoms with van der Waals surface area (Å²) in [5.41, 5.74) is -0.799. The van der Waals surface area contributed by atoms with E-state index in [1.165, 1.54) is 25.0 Å². The zero-order valence-corrected chi connectivity index (χ0v) is 11.6. The van der Waals surface area contributed by atoms with Gasteiger partial charge in [-0.1, -0.05) is 6.07 Å². The Morgan fingerprint density at radius 3 is 2.76 bits per heavy atom. The van der Waals surface area contributed by atoms with Crippen LogP contribution in [0, 0.1) is 5.92 Å². The normalized spacial score (nSPS) is 15.0. The third kappa shape index (κ3) is 5.38. The number of alkyl halides is 3. The predicted molar refractivity (Wildman–Crippen MR) is 71.9 cm³/mol. The number of rotatable bonds is 7. The van der Waals surface area contributed by atoms with E-state index >= 15 is 0 Å². The molecule has 1 aliphatic carbocycles. The lowest BCUT2D eigenvalue weighted by Gasteiger charge is -2.09. The molecule has 116 valence electrons. The van der Waals surface area contributed by atoms with Crippen LogP contribution >= 0.6 is 0 Å². The lowest BCUT2D eigenvalue weighted by atomic mass is 10.1. The molecule has 1 saturated carbocycles. The average Bonchev–Trinajstić information content (AvgIpc) is 3.26. The Labute approximate surface area is 121 Å². The molecule has 0 atom stereocenters. The highest BCUT2D eigenvalue weighted by molar-refractivity contribution is 5.94. The van der Waals surface area contributed by atoms with Crippen LogP contribution in [0.15, 0.2) is 24.3 Å². The number of carbonyl (C=O) groups excluding carboxylic acids is 1. The number of ether oxygens (including phenoxy) is 1. The molecule has 6 heteroatoms. The van der Waals surface area contributed by atoms with Crippen molar-refractivity contribution in [2.45, 2.75) is 25.4 Å². The SMILES string of the molecule is O=C(NCCCOCC1CC1)c1cccc(C(F)(F)F)c1. The maximum Gasteiger partial charge on any atom is 0.416 e. The number of benzene rings is 1. The van der Waals surface area contributed by atoms with E-state index in [0.29, 0.717) is 25.5 Å². The molecule has 0 unspecified atom stereocenters. The van der Waals surface area contributed by atoms with Crippen molar-refractivity contribution < 1.29 is 22.7 Å². The summed E-state index contributed by atoms with van der Waals surface area (Å²) in [5, 5.41) is 2.60. The predicted octanol–water partition coefficient (Wildman–Crippen LogP) is 3.25. The molecule has 3 nitrogen and oxygen atoms in total. The molecule has 21 heavy (non-hydrogen) atoms. The van der Waals surface area contributed by atoms with Crippen LogP contribution in [0.4, 0.5) is 13.2 Å². The first-order valence-corrected chi connectivity index (χ1v) is 7.00. The van der Waals surface area contributed by atoms with Gasteiger partial charge in [0.2, 0.25) is 0 Å². The Kier molecular flexibility index (Phi) is 5.22. The van der Waals surface area contributed by atoms with Gasteiger partial charge in [0.05, 0.1) is 5.56 Å². The molecule has 1 amide bonds. The Hall–Kier alpha value is -1.56. The number of amides is 1. The molecule has 1 aliphatic rings. The summed E-state index contributed by atoms with van der Waals surface area (Å²) in [6.07, 6.45) is -1.33. The molecular weight excluding hydrogens is 283 g/mol. The van der Waals surface area contributed by atoms with Gasteiger partial charge in [-0.05, 0) is 43.4 Å². The molecule has 1 N–H and O–H groups in total. The Balaban J connectivity index is 1.72. The van der Waals surface area contributed by atoms with Crippen molar-refractivity contribution in [3.8, 4) is 0 Å². The lowest BCUT2D eigenvalue weighted by Crippen LogP contribution is -2.25. The van der Waals surface area contributed by atoms with E-state index in [1.807, 2.05) is 0 Å². The van der Waals surface area contributed by atoms with Gasteiger partial charge in [0.25, 0.3) is 5.91 Å². The van der Waals surface area contributed by atoms with Crippen LogP contribution in [0.3, 0.4) is 0 Å². The summed E-state index contributed by atoms with van der Waals surface area (Å²) in [7, 11) is 0. The molecule has 0 spiro atoms. The van der Waals surface area contributed by atoms with E-state index in [2.05, 4.69) is 5.32 Å². The van der Waals surface area contributed by atoms with Gasteiger partial charge in [-0.3, -0.25) is 4.79 Å². The highest BCUT2D eigenvalue weighted by atomic mass is 19.4. The summed E-state index contributed by atoms with van der Waals surface area (Å²) in [4.78, 5) is 11.8. The van der Waals surface area contributed by atoms with Crippen molar-refractivity contribution >= 4 is 5.91 Å². The van der Waals surface area contributed by atoms with Crippen LogP contribution in [-0.2, 0) is 10.9 Å². The average molecular weight is 301 g/mol. The quantitative estimate of drug-likeness (QED) is 0.785. The van der Waals surface area contributed by atoms with E-state index in [1.54, 1.807) is 0 Å². The van der Waals surface area contributed by atoms with E-state index < -0.39 is 17.6 Å². The van der Waals surface area contributed by atoms with Gasteiger partial charge < -0.3 is 10.1 Å². The Morgan fingerprint density at radius 1 is 1.33 bits per heavy atom.